The number of carbonyl (C=O) groups is 2. The van der Waals surface area contributed by atoms with Gasteiger partial charge in [0.15, 0.2) is 23.0 Å². The Balaban J connectivity index is 2.21. The third-order valence-electron chi connectivity index (χ3n) is 7.64. The highest BCUT2D eigenvalue weighted by atomic mass is 16.7. The van der Waals surface area contributed by atoms with Crippen LogP contribution in [0.4, 0.5) is 0 Å². The van der Waals surface area contributed by atoms with Crippen molar-refractivity contribution in [3.8, 4) is 45.6 Å². The molecular weight excluding hydrogens is 520 g/mol. The molecule has 0 bridgehead atoms. The van der Waals surface area contributed by atoms with Crippen LogP contribution >= 0.6 is 0 Å². The van der Waals surface area contributed by atoms with Gasteiger partial charge in [-0.05, 0) is 26.0 Å². The monoisotopic (exact) mass is 556 g/mol. The fraction of sp³-hybridized carbons (Fsp3) is 0.467. The number of rotatable bonds is 7. The van der Waals surface area contributed by atoms with Crippen LogP contribution < -0.4 is 28.4 Å². The molecule has 0 fully saturated rings. The Morgan fingerprint density at radius 1 is 0.800 bits per heavy atom. The molecule has 216 valence electrons. The van der Waals surface area contributed by atoms with Gasteiger partial charge in [-0.1, -0.05) is 19.9 Å². The highest BCUT2D eigenvalue weighted by molar-refractivity contribution is 5.91. The maximum Gasteiger partial charge on any atom is 0.333 e. The second-order valence-electron chi connectivity index (χ2n) is 9.76. The lowest BCUT2D eigenvalue weighted by molar-refractivity contribution is -0.157. The molecule has 2 aromatic carbocycles. The van der Waals surface area contributed by atoms with E-state index in [0.29, 0.717) is 62.3 Å². The van der Waals surface area contributed by atoms with Crippen LogP contribution in [0, 0.1) is 11.8 Å². The summed E-state index contributed by atoms with van der Waals surface area (Å²) in [5.41, 5.74) is 2.74. The van der Waals surface area contributed by atoms with Gasteiger partial charge in [-0.25, -0.2) is 4.79 Å². The standard InChI is InChI=1S/C30H36O10/c1-10-14(2)30(32)40-25-16(4)15(3)24(39-17(5)31)19-12-21-27(38-13-37-21)29(36-9)23(19)22-18(25)11-20(33-6)26(34-7)28(22)35-8/h10-12,15-16,24-25H,13H2,1-9H3/b14-10+/t15-,16-,24-,25+/m1/s1. The molecule has 0 unspecified atom stereocenters. The second kappa shape index (κ2) is 11.6. The van der Waals surface area contributed by atoms with Crippen molar-refractivity contribution < 1.29 is 47.5 Å². The van der Waals surface area contributed by atoms with Crippen LogP contribution in [0.1, 0.15) is 58.0 Å². The molecule has 0 spiro atoms. The zero-order valence-electron chi connectivity index (χ0n) is 24.3. The van der Waals surface area contributed by atoms with Gasteiger partial charge in [-0.2, -0.15) is 0 Å². The zero-order chi connectivity index (χ0) is 29.3. The first-order valence-corrected chi connectivity index (χ1v) is 13.0. The van der Waals surface area contributed by atoms with Gasteiger partial charge in [0.25, 0.3) is 0 Å². The van der Waals surface area contributed by atoms with E-state index < -0.39 is 24.1 Å². The summed E-state index contributed by atoms with van der Waals surface area (Å²) in [7, 11) is 6.05. The number of carbonyl (C=O) groups excluding carboxylic acids is 2. The summed E-state index contributed by atoms with van der Waals surface area (Å²) in [6.07, 6.45) is 0.124. The Morgan fingerprint density at radius 2 is 1.38 bits per heavy atom. The Labute approximate surface area is 234 Å². The molecule has 2 aromatic rings. The Morgan fingerprint density at radius 3 is 1.93 bits per heavy atom. The first-order chi connectivity index (χ1) is 19.1. The van der Waals surface area contributed by atoms with E-state index in [9.17, 15) is 9.59 Å². The van der Waals surface area contributed by atoms with Crippen LogP contribution in [0.25, 0.3) is 11.1 Å². The predicted octanol–water partition coefficient (Wildman–Crippen LogP) is 5.56. The number of fused-ring (bicyclic) bond motifs is 4. The van der Waals surface area contributed by atoms with E-state index >= 15 is 0 Å². The molecule has 1 heterocycles. The quantitative estimate of drug-likeness (QED) is 0.318. The van der Waals surface area contributed by atoms with Crippen molar-refractivity contribution in [3.05, 3.63) is 34.9 Å². The maximum absolute atomic E-state index is 13.2. The highest BCUT2D eigenvalue weighted by Gasteiger charge is 2.44. The molecule has 0 amide bonds. The summed E-state index contributed by atoms with van der Waals surface area (Å²) in [5, 5.41) is 0. The average Bonchev–Trinajstić information content (AvgIpc) is 3.43. The first kappa shape index (κ1) is 28.9. The van der Waals surface area contributed by atoms with E-state index in [1.165, 1.54) is 35.4 Å². The highest BCUT2D eigenvalue weighted by Crippen LogP contribution is 2.60. The Bertz CT molecular complexity index is 1340. The molecule has 0 aromatic heterocycles. The van der Waals surface area contributed by atoms with E-state index in [4.69, 9.17) is 37.9 Å². The van der Waals surface area contributed by atoms with Crippen LogP contribution in [-0.2, 0) is 19.1 Å². The molecule has 10 heteroatoms. The van der Waals surface area contributed by atoms with Crippen LogP contribution in [0.2, 0.25) is 0 Å². The molecule has 0 saturated carbocycles. The lowest BCUT2D eigenvalue weighted by Crippen LogP contribution is -2.31. The summed E-state index contributed by atoms with van der Waals surface area (Å²) in [4.78, 5) is 25.6. The summed E-state index contributed by atoms with van der Waals surface area (Å²) in [5.74, 6) is 0.625. The minimum absolute atomic E-state index is 0.00241. The molecule has 0 N–H and O–H groups in total. The maximum atomic E-state index is 13.2. The minimum atomic E-state index is -0.803. The lowest BCUT2D eigenvalue weighted by atomic mass is 9.74. The smallest absolute Gasteiger partial charge is 0.333 e. The third-order valence-corrected chi connectivity index (χ3v) is 7.64. The van der Waals surface area contributed by atoms with E-state index in [2.05, 4.69) is 0 Å². The lowest BCUT2D eigenvalue weighted by Gasteiger charge is -2.38. The predicted molar refractivity (Wildman–Crippen MR) is 145 cm³/mol. The average molecular weight is 557 g/mol. The number of hydrogen-bond acceptors (Lipinski definition) is 10. The van der Waals surface area contributed by atoms with E-state index in [0.717, 1.165) is 0 Å². The normalized spacial score (nSPS) is 21.3. The van der Waals surface area contributed by atoms with E-state index in [1.807, 2.05) is 13.8 Å². The number of esters is 2. The Hall–Kier alpha value is -4.08. The fourth-order valence-electron chi connectivity index (χ4n) is 5.33. The van der Waals surface area contributed by atoms with Crippen molar-refractivity contribution in [3.63, 3.8) is 0 Å². The number of allylic oxidation sites excluding steroid dienone is 1. The van der Waals surface area contributed by atoms with E-state index in [1.54, 1.807) is 32.1 Å². The van der Waals surface area contributed by atoms with Gasteiger partial charge < -0.3 is 37.9 Å². The first-order valence-electron chi connectivity index (χ1n) is 13.0. The van der Waals surface area contributed by atoms with Crippen LogP contribution in [0.3, 0.4) is 0 Å². The zero-order valence-corrected chi connectivity index (χ0v) is 24.3. The SMILES string of the molecule is C/C=C(\C)C(=O)O[C@@H]1c2cc(OC)c(OC)c(OC)c2-c2c(cc3c(c2OC)OCO3)[C@H](OC(C)=O)[C@H](C)[C@H]1C. The van der Waals surface area contributed by atoms with Gasteiger partial charge in [-0.15, -0.1) is 0 Å². The molecule has 2 aliphatic rings. The number of hydrogen-bond donors (Lipinski definition) is 0. The molecule has 1 aliphatic carbocycles. The molecule has 0 radical (unpaired) electrons. The second-order valence-corrected chi connectivity index (χ2v) is 9.76. The van der Waals surface area contributed by atoms with Gasteiger partial charge in [0.2, 0.25) is 18.3 Å². The molecule has 40 heavy (non-hydrogen) atoms. The van der Waals surface area contributed by atoms with Crippen molar-refractivity contribution in [1.82, 2.24) is 0 Å². The molecule has 10 nitrogen and oxygen atoms in total. The van der Waals surface area contributed by atoms with Gasteiger partial charge in [0.05, 0.1) is 28.4 Å². The number of methoxy groups -OCH3 is 4. The summed E-state index contributed by atoms with van der Waals surface area (Å²) < 4.78 is 47.0. The Kier molecular flexibility index (Phi) is 8.37. The fourth-order valence-corrected chi connectivity index (χ4v) is 5.33. The minimum Gasteiger partial charge on any atom is -0.493 e. The van der Waals surface area contributed by atoms with Crippen LogP contribution in [-0.4, -0.2) is 47.2 Å². The summed E-state index contributed by atoms with van der Waals surface area (Å²) >= 11 is 0. The van der Waals surface area contributed by atoms with Crippen molar-refractivity contribution in [2.75, 3.05) is 35.2 Å². The van der Waals surface area contributed by atoms with Crippen molar-refractivity contribution in [2.45, 2.75) is 46.8 Å². The largest absolute Gasteiger partial charge is 0.493 e. The number of benzene rings is 2. The molecule has 1 aliphatic heterocycles. The summed E-state index contributed by atoms with van der Waals surface area (Å²) in [6, 6.07) is 3.58. The number of ether oxygens (including phenoxy) is 8. The van der Waals surface area contributed by atoms with Crippen LogP contribution in [0.15, 0.2) is 23.8 Å². The molecule has 4 atom stereocenters. The molecule has 0 saturated heterocycles. The van der Waals surface area contributed by atoms with Crippen molar-refractivity contribution in [2.24, 2.45) is 11.8 Å². The van der Waals surface area contributed by atoms with Gasteiger partial charge in [0, 0.05) is 46.6 Å². The summed E-state index contributed by atoms with van der Waals surface area (Å²) in [6.45, 7) is 8.72. The van der Waals surface area contributed by atoms with Gasteiger partial charge in [-0.3, -0.25) is 4.79 Å². The van der Waals surface area contributed by atoms with Gasteiger partial charge >= 0.3 is 11.9 Å². The van der Waals surface area contributed by atoms with E-state index in [-0.39, 0.29) is 18.6 Å². The molecular formula is C30H36O10. The third kappa shape index (κ3) is 4.76. The van der Waals surface area contributed by atoms with Gasteiger partial charge in [0.1, 0.15) is 12.2 Å². The molecule has 4 rings (SSSR count). The van der Waals surface area contributed by atoms with Crippen LogP contribution in [0.5, 0.6) is 34.5 Å². The van der Waals surface area contributed by atoms with Crippen molar-refractivity contribution >= 4 is 11.9 Å². The topological polar surface area (TPSA) is 108 Å². The van der Waals surface area contributed by atoms with Crippen molar-refractivity contribution in [1.29, 1.82) is 0 Å².